The van der Waals surface area contributed by atoms with E-state index in [2.05, 4.69) is 0 Å². The van der Waals surface area contributed by atoms with Crippen LogP contribution in [-0.4, -0.2) is 71.2 Å². The normalized spacial score (nSPS) is 29.5. The van der Waals surface area contributed by atoms with Gasteiger partial charge in [-0.3, -0.25) is 14.4 Å². The molecule has 5 atom stereocenters. The fraction of sp³-hybridized carbons (Fsp3) is 0.361. The topological polar surface area (TPSA) is 90.4 Å². The van der Waals surface area contributed by atoms with Crippen LogP contribution < -0.4 is 9.80 Å². The van der Waals surface area contributed by atoms with Gasteiger partial charge in [-0.05, 0) is 61.2 Å². The quantitative estimate of drug-likeness (QED) is 0.323. The summed E-state index contributed by atoms with van der Waals surface area (Å²) in [7, 11) is 0. The molecule has 1 N–H and O–H groups in total. The van der Waals surface area contributed by atoms with Gasteiger partial charge in [-0.2, -0.15) is 0 Å². The molecular weight excluding hydrogens is 554 g/mol. The third-order valence-corrected chi connectivity index (χ3v) is 9.73. The molecule has 3 aromatic carbocycles. The first-order valence-corrected chi connectivity index (χ1v) is 15.5. The number of carbonyl (C=O) groups excluding carboxylic acids is 3. The molecule has 226 valence electrons. The molecular formula is C36H37N3O5. The predicted octanol–water partition coefficient (Wildman–Crippen LogP) is 4.48. The summed E-state index contributed by atoms with van der Waals surface area (Å²) in [6.07, 6.45) is 9.61. The monoisotopic (exact) mass is 591 g/mol. The second-order valence-corrected chi connectivity index (χ2v) is 12.4. The molecule has 44 heavy (non-hydrogen) atoms. The molecule has 1 spiro atoms. The summed E-state index contributed by atoms with van der Waals surface area (Å²) in [5.41, 5.74) is -0.887. The van der Waals surface area contributed by atoms with Crippen molar-refractivity contribution in [2.24, 2.45) is 11.8 Å². The third kappa shape index (κ3) is 4.39. The Labute approximate surface area is 257 Å². The van der Waals surface area contributed by atoms with E-state index in [9.17, 15) is 19.5 Å². The van der Waals surface area contributed by atoms with E-state index < -0.39 is 29.1 Å². The Bertz CT molecular complexity index is 1670. The van der Waals surface area contributed by atoms with Crippen LogP contribution in [0.3, 0.4) is 0 Å². The maximum atomic E-state index is 14.7. The number of hydrogen-bond donors (Lipinski definition) is 1. The molecule has 2 fully saturated rings. The number of benzene rings is 3. The van der Waals surface area contributed by atoms with Gasteiger partial charge >= 0.3 is 0 Å². The first-order valence-electron chi connectivity index (χ1n) is 15.5. The molecule has 1 unspecified atom stereocenters. The van der Waals surface area contributed by atoms with E-state index in [0.29, 0.717) is 38.9 Å². The van der Waals surface area contributed by atoms with Crippen molar-refractivity contribution >= 4 is 39.9 Å². The molecule has 4 aliphatic heterocycles. The van der Waals surface area contributed by atoms with Crippen LogP contribution in [-0.2, 0) is 19.1 Å². The number of rotatable bonds is 7. The maximum absolute atomic E-state index is 14.7. The lowest BCUT2D eigenvalue weighted by Crippen LogP contribution is -2.56. The van der Waals surface area contributed by atoms with E-state index >= 15 is 0 Å². The van der Waals surface area contributed by atoms with Crippen LogP contribution in [0.2, 0.25) is 0 Å². The average molecular weight is 592 g/mol. The number of anilines is 2. The minimum absolute atomic E-state index is 0.0705. The van der Waals surface area contributed by atoms with Gasteiger partial charge < -0.3 is 24.5 Å². The number of aliphatic hydroxyl groups excluding tert-OH is 1. The van der Waals surface area contributed by atoms with E-state index in [-0.39, 0.29) is 24.3 Å². The van der Waals surface area contributed by atoms with Gasteiger partial charge in [-0.25, -0.2) is 0 Å². The van der Waals surface area contributed by atoms with Gasteiger partial charge in [0.2, 0.25) is 11.8 Å². The lowest BCUT2D eigenvalue weighted by atomic mass is 9.74. The summed E-state index contributed by atoms with van der Waals surface area (Å²) < 4.78 is 6.96. The van der Waals surface area contributed by atoms with E-state index in [1.165, 1.54) is 0 Å². The lowest BCUT2D eigenvalue weighted by Gasteiger charge is -2.37. The summed E-state index contributed by atoms with van der Waals surface area (Å²) in [6.45, 7) is 2.96. The number of ether oxygens (including phenoxy) is 1. The molecule has 0 saturated carbocycles. The summed E-state index contributed by atoms with van der Waals surface area (Å²) >= 11 is 0. The van der Waals surface area contributed by atoms with Crippen LogP contribution in [0.15, 0.2) is 97.1 Å². The molecule has 7 rings (SSSR count). The van der Waals surface area contributed by atoms with Crippen molar-refractivity contribution in [1.82, 2.24) is 4.90 Å². The minimum atomic E-state index is -1.31. The lowest BCUT2D eigenvalue weighted by molar-refractivity contribution is -0.144. The zero-order valence-electron chi connectivity index (χ0n) is 24.8. The SMILES string of the molecule is C[C@]12C=CCN(c3ccccc3)C(=O)[C@H]1[C@H]1C(=O)N(CCCCCO)C3C(=O)N(c4ccc5ccccc5c4)CC=C[C@@]31O2. The summed E-state index contributed by atoms with van der Waals surface area (Å²) in [5, 5.41) is 11.5. The summed E-state index contributed by atoms with van der Waals surface area (Å²) in [5.74, 6) is -2.32. The zero-order chi connectivity index (χ0) is 30.5. The average Bonchev–Trinajstić information content (AvgIpc) is 3.30. The number of amides is 3. The van der Waals surface area contributed by atoms with Crippen molar-refractivity contribution in [3.63, 3.8) is 0 Å². The number of nitrogens with zero attached hydrogens (tertiary/aromatic N) is 3. The van der Waals surface area contributed by atoms with Crippen LogP contribution in [0.4, 0.5) is 11.4 Å². The zero-order valence-corrected chi connectivity index (χ0v) is 24.8. The third-order valence-electron chi connectivity index (χ3n) is 9.73. The fourth-order valence-corrected chi connectivity index (χ4v) is 7.75. The summed E-state index contributed by atoms with van der Waals surface area (Å²) in [4.78, 5) is 48.9. The van der Waals surface area contributed by atoms with Crippen LogP contribution in [0, 0.1) is 11.8 Å². The van der Waals surface area contributed by atoms with Crippen LogP contribution in [0.5, 0.6) is 0 Å². The Morgan fingerprint density at radius 2 is 1.45 bits per heavy atom. The van der Waals surface area contributed by atoms with Gasteiger partial charge in [0.1, 0.15) is 11.6 Å². The standard InChI is InChI=1S/C36H37N3O5/c1-35-18-10-21-37(27-14-4-2-5-15-27)32(41)29(35)30-33(42)39(20-8-3-9-23-40)31-34(43)38(22-11-19-36(30,31)44-35)28-17-16-25-12-6-7-13-26(25)24-28/h2,4-7,10-19,24,29-31,40H,3,8-9,20-23H2,1H3/t29-,30+,31?,35+,36+/m1/s1. The molecule has 0 aliphatic carbocycles. The minimum Gasteiger partial charge on any atom is -0.396 e. The number of aliphatic hydroxyl groups is 1. The maximum Gasteiger partial charge on any atom is 0.253 e. The van der Waals surface area contributed by atoms with Gasteiger partial charge in [-0.1, -0.05) is 72.8 Å². The van der Waals surface area contributed by atoms with E-state index in [0.717, 1.165) is 22.1 Å². The highest BCUT2D eigenvalue weighted by molar-refractivity contribution is 6.08. The molecule has 3 amide bonds. The molecule has 4 heterocycles. The van der Waals surface area contributed by atoms with Gasteiger partial charge in [-0.15, -0.1) is 0 Å². The number of para-hydroxylation sites is 1. The molecule has 0 radical (unpaired) electrons. The molecule has 2 saturated heterocycles. The van der Waals surface area contributed by atoms with Crippen molar-refractivity contribution in [2.75, 3.05) is 36.0 Å². The van der Waals surface area contributed by atoms with Gasteiger partial charge in [0.25, 0.3) is 5.91 Å². The Hall–Kier alpha value is -4.27. The first-order chi connectivity index (χ1) is 21.4. The Balaban J connectivity index is 1.31. The number of hydrogen-bond acceptors (Lipinski definition) is 5. The van der Waals surface area contributed by atoms with Crippen molar-refractivity contribution < 1.29 is 24.2 Å². The smallest absolute Gasteiger partial charge is 0.253 e. The Morgan fingerprint density at radius 1 is 0.750 bits per heavy atom. The number of carbonyl (C=O) groups is 3. The van der Waals surface area contributed by atoms with Crippen molar-refractivity contribution in [3.8, 4) is 0 Å². The predicted molar refractivity (Wildman–Crippen MR) is 169 cm³/mol. The Morgan fingerprint density at radius 3 is 2.23 bits per heavy atom. The number of fused-ring (bicyclic) bond motifs is 3. The van der Waals surface area contributed by atoms with Crippen molar-refractivity contribution in [2.45, 2.75) is 43.4 Å². The highest BCUT2D eigenvalue weighted by Crippen LogP contribution is 2.57. The van der Waals surface area contributed by atoms with Crippen molar-refractivity contribution in [1.29, 1.82) is 0 Å². The molecule has 8 heteroatoms. The highest BCUT2D eigenvalue weighted by Gasteiger charge is 2.74. The first kappa shape index (κ1) is 28.5. The van der Waals surface area contributed by atoms with E-state index in [4.69, 9.17) is 4.74 Å². The van der Waals surface area contributed by atoms with Crippen LogP contribution >= 0.6 is 0 Å². The second kappa shape index (κ2) is 11.0. The number of likely N-dealkylation sites (tertiary alicyclic amines) is 1. The van der Waals surface area contributed by atoms with Crippen molar-refractivity contribution in [3.05, 3.63) is 97.1 Å². The fourth-order valence-electron chi connectivity index (χ4n) is 7.75. The molecule has 0 aromatic heterocycles. The van der Waals surface area contributed by atoms with E-state index in [1.54, 1.807) is 14.7 Å². The molecule has 0 bridgehead atoms. The van der Waals surface area contributed by atoms with Gasteiger partial charge in [0, 0.05) is 37.6 Å². The molecule has 8 nitrogen and oxygen atoms in total. The van der Waals surface area contributed by atoms with Crippen LogP contribution in [0.25, 0.3) is 10.8 Å². The molecule has 3 aromatic rings. The van der Waals surface area contributed by atoms with Crippen LogP contribution in [0.1, 0.15) is 26.2 Å². The van der Waals surface area contributed by atoms with Gasteiger partial charge in [0.05, 0.1) is 17.4 Å². The number of unbranched alkanes of at least 4 members (excludes halogenated alkanes) is 2. The largest absolute Gasteiger partial charge is 0.396 e. The summed E-state index contributed by atoms with van der Waals surface area (Å²) in [6, 6.07) is 22.5. The van der Waals surface area contributed by atoms with E-state index in [1.807, 2.05) is 104 Å². The highest BCUT2D eigenvalue weighted by atomic mass is 16.5. The second-order valence-electron chi connectivity index (χ2n) is 12.4. The molecule has 4 aliphatic rings. The Kier molecular flexibility index (Phi) is 7.14. The van der Waals surface area contributed by atoms with Gasteiger partial charge in [0.15, 0.2) is 0 Å².